The molecule has 6 heteroatoms. The molecule has 0 unspecified atom stereocenters. The second kappa shape index (κ2) is 8.65. The van der Waals surface area contributed by atoms with Crippen molar-refractivity contribution in [3.63, 3.8) is 0 Å². The summed E-state index contributed by atoms with van der Waals surface area (Å²) in [6.07, 6.45) is 10.2. The molecule has 26 heavy (non-hydrogen) atoms. The Kier molecular flexibility index (Phi) is 6.26. The fourth-order valence-corrected chi connectivity index (χ4v) is 5.93. The molecular weight excluding hydrogens is 346 g/mol. The summed E-state index contributed by atoms with van der Waals surface area (Å²) in [5.74, 6) is 0.729. The molecule has 3 aliphatic rings. The maximum Gasteiger partial charge on any atom is 0.0959 e. The van der Waals surface area contributed by atoms with E-state index in [1.165, 1.54) is 35.6 Å². The van der Waals surface area contributed by atoms with Crippen molar-refractivity contribution in [2.24, 2.45) is 0 Å². The van der Waals surface area contributed by atoms with Crippen LogP contribution < -0.4 is 5.32 Å². The van der Waals surface area contributed by atoms with Gasteiger partial charge in [-0.3, -0.25) is 4.90 Å². The summed E-state index contributed by atoms with van der Waals surface area (Å²) in [5.41, 5.74) is 0.253. The first-order chi connectivity index (χ1) is 12.8. The third-order valence-corrected chi connectivity index (χ3v) is 7.49. The molecule has 0 spiro atoms. The molecule has 5 nitrogen and oxygen atoms in total. The molecule has 0 aromatic carbocycles. The Bertz CT molecular complexity index is 561. The number of morpholine rings is 1. The SMILES string of the molecule is CCOC1CC(CNCc2cnc(C3CCCC3)s2)(N2CCOCC2)C1. The van der Waals surface area contributed by atoms with E-state index >= 15 is 0 Å². The largest absolute Gasteiger partial charge is 0.379 e. The van der Waals surface area contributed by atoms with E-state index in [1.807, 2.05) is 11.3 Å². The number of thiazole rings is 1. The molecule has 1 aliphatic heterocycles. The van der Waals surface area contributed by atoms with Gasteiger partial charge in [0, 0.05) is 55.3 Å². The molecule has 3 fully saturated rings. The van der Waals surface area contributed by atoms with Crippen molar-refractivity contribution in [3.8, 4) is 0 Å². The van der Waals surface area contributed by atoms with E-state index in [0.29, 0.717) is 6.10 Å². The average Bonchev–Trinajstić information content (AvgIpc) is 3.31. The summed E-state index contributed by atoms with van der Waals surface area (Å²) in [7, 11) is 0. The van der Waals surface area contributed by atoms with Gasteiger partial charge in [-0.25, -0.2) is 4.98 Å². The summed E-state index contributed by atoms with van der Waals surface area (Å²) in [5, 5.41) is 5.10. The monoisotopic (exact) mass is 379 g/mol. The number of ether oxygens (including phenoxy) is 2. The smallest absolute Gasteiger partial charge is 0.0959 e. The van der Waals surface area contributed by atoms with Gasteiger partial charge in [-0.05, 0) is 32.6 Å². The van der Waals surface area contributed by atoms with Crippen molar-refractivity contribution < 1.29 is 9.47 Å². The van der Waals surface area contributed by atoms with Crippen LogP contribution in [-0.2, 0) is 16.0 Å². The Morgan fingerprint density at radius 1 is 1.31 bits per heavy atom. The van der Waals surface area contributed by atoms with Gasteiger partial charge in [0.25, 0.3) is 0 Å². The van der Waals surface area contributed by atoms with Crippen molar-refractivity contribution >= 4 is 11.3 Å². The molecule has 2 heterocycles. The van der Waals surface area contributed by atoms with E-state index < -0.39 is 0 Å². The zero-order valence-corrected chi connectivity index (χ0v) is 16.9. The van der Waals surface area contributed by atoms with Crippen LogP contribution in [0.3, 0.4) is 0 Å². The van der Waals surface area contributed by atoms with Gasteiger partial charge < -0.3 is 14.8 Å². The van der Waals surface area contributed by atoms with Gasteiger partial charge >= 0.3 is 0 Å². The summed E-state index contributed by atoms with van der Waals surface area (Å²) < 4.78 is 11.4. The van der Waals surface area contributed by atoms with E-state index in [4.69, 9.17) is 14.5 Å². The molecule has 0 radical (unpaired) electrons. The van der Waals surface area contributed by atoms with Crippen molar-refractivity contribution in [1.82, 2.24) is 15.2 Å². The van der Waals surface area contributed by atoms with Crippen molar-refractivity contribution in [2.75, 3.05) is 39.5 Å². The Morgan fingerprint density at radius 3 is 2.81 bits per heavy atom. The highest BCUT2D eigenvalue weighted by atomic mass is 32.1. The topological polar surface area (TPSA) is 46.6 Å². The van der Waals surface area contributed by atoms with E-state index in [9.17, 15) is 0 Å². The summed E-state index contributed by atoms with van der Waals surface area (Å²) >= 11 is 1.92. The van der Waals surface area contributed by atoms with Gasteiger partial charge in [0.2, 0.25) is 0 Å². The van der Waals surface area contributed by atoms with Crippen LogP contribution in [0, 0.1) is 0 Å². The van der Waals surface area contributed by atoms with E-state index in [-0.39, 0.29) is 5.54 Å². The Balaban J connectivity index is 1.30. The van der Waals surface area contributed by atoms with Crippen LogP contribution in [0.2, 0.25) is 0 Å². The van der Waals surface area contributed by atoms with Gasteiger partial charge in [-0.1, -0.05) is 12.8 Å². The molecule has 0 bridgehead atoms. The van der Waals surface area contributed by atoms with Crippen LogP contribution in [0.1, 0.15) is 61.3 Å². The minimum atomic E-state index is 0.253. The fourth-order valence-electron chi connectivity index (χ4n) is 4.88. The van der Waals surface area contributed by atoms with Gasteiger partial charge in [0.15, 0.2) is 0 Å². The number of hydrogen-bond donors (Lipinski definition) is 1. The normalized spacial score (nSPS) is 30.6. The number of aromatic nitrogens is 1. The number of nitrogens with zero attached hydrogens (tertiary/aromatic N) is 2. The number of nitrogens with one attached hydrogen (secondary N) is 1. The third-order valence-electron chi connectivity index (χ3n) is 6.33. The predicted octanol–water partition coefficient (Wildman–Crippen LogP) is 3.16. The highest BCUT2D eigenvalue weighted by Crippen LogP contribution is 2.40. The van der Waals surface area contributed by atoms with Gasteiger partial charge in [-0.15, -0.1) is 11.3 Å². The molecule has 0 amide bonds. The molecule has 1 N–H and O–H groups in total. The molecular formula is C20H33N3O2S. The first kappa shape index (κ1) is 18.8. The van der Waals surface area contributed by atoms with Crippen LogP contribution in [0.25, 0.3) is 0 Å². The Hall–Kier alpha value is -0.530. The zero-order chi connectivity index (χ0) is 17.8. The maximum atomic E-state index is 5.86. The molecule has 2 aliphatic carbocycles. The predicted molar refractivity (Wildman–Crippen MR) is 105 cm³/mol. The van der Waals surface area contributed by atoms with E-state index in [1.54, 1.807) is 0 Å². The highest BCUT2D eigenvalue weighted by Gasteiger charge is 2.48. The first-order valence-electron chi connectivity index (χ1n) is 10.4. The molecule has 1 aromatic heterocycles. The molecule has 2 saturated carbocycles. The van der Waals surface area contributed by atoms with Gasteiger partial charge in [-0.2, -0.15) is 0 Å². The van der Waals surface area contributed by atoms with Crippen LogP contribution in [0.4, 0.5) is 0 Å². The fraction of sp³-hybridized carbons (Fsp3) is 0.850. The van der Waals surface area contributed by atoms with Crippen LogP contribution in [-0.4, -0.2) is 61.0 Å². The lowest BCUT2D eigenvalue weighted by Crippen LogP contribution is -2.66. The molecule has 4 rings (SSSR count). The molecule has 1 saturated heterocycles. The van der Waals surface area contributed by atoms with Crippen LogP contribution >= 0.6 is 11.3 Å². The Morgan fingerprint density at radius 2 is 2.08 bits per heavy atom. The maximum absolute atomic E-state index is 5.86. The summed E-state index contributed by atoms with van der Waals surface area (Å²) in [6, 6.07) is 0. The van der Waals surface area contributed by atoms with E-state index in [2.05, 4.69) is 23.3 Å². The molecule has 1 aromatic rings. The van der Waals surface area contributed by atoms with E-state index in [0.717, 1.165) is 64.8 Å². The second-order valence-electron chi connectivity index (χ2n) is 8.06. The van der Waals surface area contributed by atoms with Crippen molar-refractivity contribution in [2.45, 2.75) is 69.6 Å². The zero-order valence-electron chi connectivity index (χ0n) is 16.0. The summed E-state index contributed by atoms with van der Waals surface area (Å²) in [4.78, 5) is 8.72. The lowest BCUT2D eigenvalue weighted by Gasteiger charge is -2.55. The standard InChI is InChI=1S/C20H33N3O2S/c1-2-25-17-11-20(12-17,23-7-9-24-10-8-23)15-21-13-18-14-22-19(26-18)16-5-3-4-6-16/h14,16-17,21H,2-13,15H2,1H3. The quantitative estimate of drug-likeness (QED) is 0.752. The average molecular weight is 380 g/mol. The highest BCUT2D eigenvalue weighted by molar-refractivity contribution is 7.11. The summed E-state index contributed by atoms with van der Waals surface area (Å²) in [6.45, 7) is 8.71. The molecule has 146 valence electrons. The minimum absolute atomic E-state index is 0.253. The first-order valence-corrected chi connectivity index (χ1v) is 11.2. The number of hydrogen-bond acceptors (Lipinski definition) is 6. The van der Waals surface area contributed by atoms with Crippen molar-refractivity contribution in [3.05, 3.63) is 16.1 Å². The molecule has 0 atom stereocenters. The lowest BCUT2D eigenvalue weighted by atomic mass is 9.72. The van der Waals surface area contributed by atoms with Crippen molar-refractivity contribution in [1.29, 1.82) is 0 Å². The second-order valence-corrected chi connectivity index (χ2v) is 9.21. The lowest BCUT2D eigenvalue weighted by molar-refractivity contribution is -0.125. The Labute approximate surface area is 161 Å². The third kappa shape index (κ3) is 4.14. The number of rotatable bonds is 8. The van der Waals surface area contributed by atoms with Gasteiger partial charge in [0.05, 0.1) is 24.3 Å². The van der Waals surface area contributed by atoms with Gasteiger partial charge in [0.1, 0.15) is 0 Å². The minimum Gasteiger partial charge on any atom is -0.379 e. The van der Waals surface area contributed by atoms with Crippen LogP contribution in [0.5, 0.6) is 0 Å². The van der Waals surface area contributed by atoms with Crippen LogP contribution in [0.15, 0.2) is 6.20 Å².